The van der Waals surface area contributed by atoms with Crippen LogP contribution in [0.3, 0.4) is 0 Å². The molecule has 0 rings (SSSR count). The van der Waals surface area contributed by atoms with E-state index in [1.54, 1.807) is 0 Å². The second kappa shape index (κ2) is 15.2. The van der Waals surface area contributed by atoms with Gasteiger partial charge in [0.1, 0.15) is 0 Å². The Balaban J connectivity index is 3.35. The van der Waals surface area contributed by atoms with Gasteiger partial charge in [-0.05, 0) is 19.3 Å². The number of terminal acetylenes is 2. The summed E-state index contributed by atoms with van der Waals surface area (Å²) in [4.78, 5) is 0. The molecule has 1 unspecified atom stereocenters. The molecule has 0 N–H and O–H groups in total. The standard InChI is InChI=1S/C19H32/c1-4-7-9-11-12-14-16-18-19(6-3)17-15-13-10-8-5-2/h1,3,19H,5,7-18H2,2H3. The summed E-state index contributed by atoms with van der Waals surface area (Å²) in [5.41, 5.74) is 0. The lowest BCUT2D eigenvalue weighted by Gasteiger charge is -2.10. The molecule has 0 heteroatoms. The van der Waals surface area contributed by atoms with Crippen LogP contribution >= 0.6 is 0 Å². The smallest absolute Gasteiger partial charge is 0.0200 e. The first-order valence-corrected chi connectivity index (χ1v) is 8.24. The fourth-order valence-electron chi connectivity index (χ4n) is 2.45. The lowest BCUT2D eigenvalue weighted by atomic mass is 9.95. The fraction of sp³-hybridized carbons (Fsp3) is 0.789. The highest BCUT2D eigenvalue weighted by atomic mass is 14.1. The molecular weight excluding hydrogens is 228 g/mol. The Kier molecular flexibility index (Phi) is 14.5. The van der Waals surface area contributed by atoms with E-state index in [0.29, 0.717) is 5.92 Å². The molecular formula is C19H32. The van der Waals surface area contributed by atoms with Crippen LogP contribution in [0.4, 0.5) is 0 Å². The minimum atomic E-state index is 0.521. The Bertz CT molecular complexity index is 250. The van der Waals surface area contributed by atoms with Gasteiger partial charge in [-0.1, -0.05) is 64.7 Å². The molecule has 0 nitrogen and oxygen atoms in total. The molecule has 0 bridgehead atoms. The van der Waals surface area contributed by atoms with Gasteiger partial charge in [0, 0.05) is 12.3 Å². The van der Waals surface area contributed by atoms with Gasteiger partial charge < -0.3 is 0 Å². The fourth-order valence-corrected chi connectivity index (χ4v) is 2.45. The number of rotatable bonds is 13. The molecule has 0 spiro atoms. The molecule has 0 amide bonds. The number of hydrogen-bond acceptors (Lipinski definition) is 0. The van der Waals surface area contributed by atoms with Gasteiger partial charge in [-0.2, -0.15) is 0 Å². The first-order chi connectivity index (χ1) is 9.35. The van der Waals surface area contributed by atoms with Crippen LogP contribution in [0, 0.1) is 30.6 Å². The minimum Gasteiger partial charge on any atom is -0.120 e. The lowest BCUT2D eigenvalue weighted by molar-refractivity contribution is 0.478. The molecule has 0 fully saturated rings. The summed E-state index contributed by atoms with van der Waals surface area (Å²) in [5.74, 6) is 6.20. The first-order valence-electron chi connectivity index (χ1n) is 8.24. The van der Waals surface area contributed by atoms with Crippen LogP contribution in [0.5, 0.6) is 0 Å². The molecule has 0 aromatic heterocycles. The molecule has 0 aromatic carbocycles. The third-order valence-corrected chi connectivity index (χ3v) is 3.77. The average Bonchev–Trinajstić information content (AvgIpc) is 2.44. The van der Waals surface area contributed by atoms with Gasteiger partial charge >= 0.3 is 0 Å². The predicted octanol–water partition coefficient (Wildman–Crippen LogP) is 5.96. The van der Waals surface area contributed by atoms with Gasteiger partial charge in [0.2, 0.25) is 0 Å². The quantitative estimate of drug-likeness (QED) is 0.283. The first kappa shape index (κ1) is 18.1. The molecule has 0 heterocycles. The van der Waals surface area contributed by atoms with Crippen LogP contribution in [-0.2, 0) is 0 Å². The van der Waals surface area contributed by atoms with Crippen molar-refractivity contribution in [2.75, 3.05) is 0 Å². The molecule has 108 valence electrons. The summed E-state index contributed by atoms with van der Waals surface area (Å²) in [6, 6.07) is 0. The van der Waals surface area contributed by atoms with Crippen molar-refractivity contribution in [2.45, 2.75) is 90.4 Å². The summed E-state index contributed by atoms with van der Waals surface area (Å²) in [7, 11) is 0. The van der Waals surface area contributed by atoms with E-state index in [1.165, 1.54) is 77.0 Å². The minimum absolute atomic E-state index is 0.521. The van der Waals surface area contributed by atoms with Crippen LogP contribution in [0.15, 0.2) is 0 Å². The predicted molar refractivity (Wildman–Crippen MR) is 86.9 cm³/mol. The maximum Gasteiger partial charge on any atom is 0.0200 e. The maximum absolute atomic E-state index is 5.62. The third-order valence-electron chi connectivity index (χ3n) is 3.77. The molecule has 1 atom stereocenters. The van der Waals surface area contributed by atoms with Crippen molar-refractivity contribution in [1.29, 1.82) is 0 Å². The SMILES string of the molecule is C#CCCCCCCCC(C#C)CCCCCCC. The lowest BCUT2D eigenvalue weighted by Crippen LogP contribution is -1.97. The summed E-state index contributed by atoms with van der Waals surface area (Å²) in [5, 5.41) is 0. The second-order valence-corrected chi connectivity index (χ2v) is 5.58. The van der Waals surface area contributed by atoms with Crippen molar-refractivity contribution in [3.63, 3.8) is 0 Å². The summed E-state index contributed by atoms with van der Waals surface area (Å²) in [6.45, 7) is 2.26. The van der Waals surface area contributed by atoms with Gasteiger partial charge in [-0.3, -0.25) is 0 Å². The number of hydrogen-bond donors (Lipinski definition) is 0. The zero-order valence-corrected chi connectivity index (χ0v) is 12.9. The van der Waals surface area contributed by atoms with Gasteiger partial charge in [-0.25, -0.2) is 0 Å². The summed E-state index contributed by atoms with van der Waals surface area (Å²) >= 11 is 0. The van der Waals surface area contributed by atoms with Crippen LogP contribution in [-0.4, -0.2) is 0 Å². The van der Waals surface area contributed by atoms with Crippen LogP contribution in [0.2, 0.25) is 0 Å². The highest BCUT2D eigenvalue weighted by Gasteiger charge is 2.04. The van der Waals surface area contributed by atoms with E-state index >= 15 is 0 Å². The molecule has 19 heavy (non-hydrogen) atoms. The molecule has 0 aliphatic carbocycles. The molecule has 0 saturated carbocycles. The van der Waals surface area contributed by atoms with Crippen molar-refractivity contribution < 1.29 is 0 Å². The second-order valence-electron chi connectivity index (χ2n) is 5.58. The topological polar surface area (TPSA) is 0 Å². The Morgan fingerprint density at radius 1 is 0.737 bits per heavy atom. The van der Waals surface area contributed by atoms with Crippen LogP contribution in [0.1, 0.15) is 90.4 Å². The van der Waals surface area contributed by atoms with E-state index < -0.39 is 0 Å². The highest BCUT2D eigenvalue weighted by Crippen LogP contribution is 2.18. The monoisotopic (exact) mass is 260 g/mol. The third kappa shape index (κ3) is 13.4. The van der Waals surface area contributed by atoms with E-state index in [1.807, 2.05) is 0 Å². The van der Waals surface area contributed by atoms with Gasteiger partial charge in [0.25, 0.3) is 0 Å². The van der Waals surface area contributed by atoms with Crippen molar-refractivity contribution in [1.82, 2.24) is 0 Å². The Labute approximate surface area is 121 Å². The van der Waals surface area contributed by atoms with E-state index in [4.69, 9.17) is 12.8 Å². The molecule has 0 aliphatic rings. The Hall–Kier alpha value is -0.880. The maximum atomic E-state index is 5.62. The number of unbranched alkanes of at least 4 members (excludes halogenated alkanes) is 9. The molecule has 0 aromatic rings. The van der Waals surface area contributed by atoms with E-state index in [2.05, 4.69) is 18.8 Å². The van der Waals surface area contributed by atoms with E-state index in [-0.39, 0.29) is 0 Å². The molecule has 0 radical (unpaired) electrons. The highest BCUT2D eigenvalue weighted by molar-refractivity contribution is 4.92. The Morgan fingerprint density at radius 3 is 1.79 bits per heavy atom. The Morgan fingerprint density at radius 2 is 1.26 bits per heavy atom. The normalized spacial score (nSPS) is 11.7. The van der Waals surface area contributed by atoms with Gasteiger partial charge in [-0.15, -0.1) is 24.7 Å². The van der Waals surface area contributed by atoms with Crippen molar-refractivity contribution in [3.05, 3.63) is 0 Å². The molecule has 0 aliphatic heterocycles. The van der Waals surface area contributed by atoms with Crippen molar-refractivity contribution >= 4 is 0 Å². The average molecular weight is 260 g/mol. The van der Waals surface area contributed by atoms with Gasteiger partial charge in [0.15, 0.2) is 0 Å². The van der Waals surface area contributed by atoms with Gasteiger partial charge in [0.05, 0.1) is 0 Å². The van der Waals surface area contributed by atoms with Crippen molar-refractivity contribution in [2.24, 2.45) is 5.92 Å². The summed E-state index contributed by atoms with van der Waals surface area (Å²) in [6.07, 6.45) is 27.4. The van der Waals surface area contributed by atoms with E-state index in [9.17, 15) is 0 Å². The van der Waals surface area contributed by atoms with E-state index in [0.717, 1.165) is 6.42 Å². The van der Waals surface area contributed by atoms with Crippen molar-refractivity contribution in [3.8, 4) is 24.7 Å². The molecule has 0 saturated heterocycles. The zero-order valence-electron chi connectivity index (χ0n) is 12.9. The zero-order chi connectivity index (χ0) is 14.2. The largest absolute Gasteiger partial charge is 0.120 e. The van der Waals surface area contributed by atoms with Crippen LogP contribution < -0.4 is 0 Å². The summed E-state index contributed by atoms with van der Waals surface area (Å²) < 4.78 is 0. The van der Waals surface area contributed by atoms with Crippen LogP contribution in [0.25, 0.3) is 0 Å².